The molecule has 1 aliphatic rings. The smallest absolute Gasteiger partial charge is 0.303 e. The van der Waals surface area contributed by atoms with E-state index in [0.29, 0.717) is 25.8 Å². The van der Waals surface area contributed by atoms with Crippen molar-refractivity contribution in [3.63, 3.8) is 0 Å². The quantitative estimate of drug-likeness (QED) is 0.248. The second kappa shape index (κ2) is 13.4. The fourth-order valence-electron chi connectivity index (χ4n) is 3.25. The number of amides is 4. The van der Waals surface area contributed by atoms with Crippen LogP contribution < -0.4 is 10.6 Å². The number of carboxylic acids is 1. The Morgan fingerprint density at radius 3 is 2.12 bits per heavy atom. The van der Waals surface area contributed by atoms with Gasteiger partial charge in [-0.25, -0.2) is 0 Å². The molecule has 10 heteroatoms. The zero-order valence-electron chi connectivity index (χ0n) is 18.9. The zero-order chi connectivity index (χ0) is 24.3. The third kappa shape index (κ3) is 8.99. The van der Waals surface area contributed by atoms with Gasteiger partial charge >= 0.3 is 5.97 Å². The van der Waals surface area contributed by atoms with E-state index in [2.05, 4.69) is 10.6 Å². The lowest BCUT2D eigenvalue weighted by atomic mass is 10.00. The van der Waals surface area contributed by atoms with Gasteiger partial charge in [0.05, 0.1) is 6.04 Å². The molecular formula is C22H33N3O7. The first-order valence-electron chi connectivity index (χ1n) is 10.9. The van der Waals surface area contributed by atoms with Crippen LogP contribution in [0, 0.1) is 5.92 Å². The Kier molecular flexibility index (Phi) is 11.3. The number of nitrogens with one attached hydrogen (secondary N) is 2. The van der Waals surface area contributed by atoms with Gasteiger partial charge in [-0.2, -0.15) is 0 Å². The van der Waals surface area contributed by atoms with E-state index in [1.54, 1.807) is 20.8 Å². The fraction of sp³-hybridized carbons (Fsp3) is 0.636. The van der Waals surface area contributed by atoms with Gasteiger partial charge in [0.15, 0.2) is 5.78 Å². The monoisotopic (exact) mass is 451 g/mol. The summed E-state index contributed by atoms with van der Waals surface area (Å²) < 4.78 is 0. The van der Waals surface area contributed by atoms with Crippen LogP contribution in [0.25, 0.3) is 0 Å². The molecule has 1 unspecified atom stereocenters. The van der Waals surface area contributed by atoms with Crippen LogP contribution in [-0.4, -0.2) is 64.0 Å². The number of ketones is 1. The highest BCUT2D eigenvalue weighted by molar-refractivity contribution is 6.12. The van der Waals surface area contributed by atoms with Gasteiger partial charge in [0.1, 0.15) is 6.04 Å². The van der Waals surface area contributed by atoms with Crippen LogP contribution in [0.5, 0.6) is 0 Å². The summed E-state index contributed by atoms with van der Waals surface area (Å²) >= 11 is 0. The molecule has 0 radical (unpaired) electrons. The van der Waals surface area contributed by atoms with Gasteiger partial charge < -0.3 is 15.7 Å². The van der Waals surface area contributed by atoms with Crippen molar-refractivity contribution in [3.05, 3.63) is 12.2 Å². The van der Waals surface area contributed by atoms with Crippen molar-refractivity contribution in [3.8, 4) is 0 Å². The highest BCUT2D eigenvalue weighted by Crippen LogP contribution is 2.10. The molecule has 0 aromatic heterocycles. The number of hydrogen-bond acceptors (Lipinski definition) is 6. The van der Waals surface area contributed by atoms with Crippen molar-refractivity contribution in [2.24, 2.45) is 5.92 Å². The van der Waals surface area contributed by atoms with E-state index in [-0.39, 0.29) is 55.1 Å². The Labute approximate surface area is 187 Å². The molecule has 0 aromatic carbocycles. The lowest BCUT2D eigenvalue weighted by molar-refractivity contribution is -0.138. The molecular weight excluding hydrogens is 418 g/mol. The molecule has 0 bridgehead atoms. The van der Waals surface area contributed by atoms with Crippen LogP contribution in [-0.2, 0) is 28.8 Å². The number of rotatable bonds is 15. The van der Waals surface area contributed by atoms with Gasteiger partial charge in [-0.15, -0.1) is 0 Å². The summed E-state index contributed by atoms with van der Waals surface area (Å²) in [5.74, 6) is -3.07. The Balaban J connectivity index is 2.48. The lowest BCUT2D eigenvalue weighted by Gasteiger charge is -2.25. The predicted octanol–water partition coefficient (Wildman–Crippen LogP) is 0.941. The van der Waals surface area contributed by atoms with Crippen LogP contribution in [0.3, 0.4) is 0 Å². The molecule has 0 saturated carbocycles. The van der Waals surface area contributed by atoms with Crippen LogP contribution in [0.15, 0.2) is 12.2 Å². The minimum atomic E-state index is -1.06. The minimum Gasteiger partial charge on any atom is -0.481 e. The third-order valence-corrected chi connectivity index (χ3v) is 5.15. The molecule has 32 heavy (non-hydrogen) atoms. The van der Waals surface area contributed by atoms with Gasteiger partial charge in [0.2, 0.25) is 11.8 Å². The number of unbranched alkanes of at least 4 members (excludes halogenated alkanes) is 2. The number of hydrogen-bond donors (Lipinski definition) is 3. The number of carbonyl (C=O) groups is 6. The fourth-order valence-corrected chi connectivity index (χ4v) is 3.25. The second-order valence-corrected chi connectivity index (χ2v) is 8.07. The lowest BCUT2D eigenvalue weighted by Crippen LogP contribution is -2.53. The molecule has 0 fully saturated rings. The summed E-state index contributed by atoms with van der Waals surface area (Å²) in [6.45, 7) is 5.45. The Bertz CT molecular complexity index is 743. The molecule has 0 aliphatic carbocycles. The molecule has 0 saturated heterocycles. The van der Waals surface area contributed by atoms with E-state index in [0.717, 1.165) is 4.90 Å². The van der Waals surface area contributed by atoms with Gasteiger partial charge in [-0.05, 0) is 25.2 Å². The SMILES string of the molecule is CCC(=O)[C@H](CCC(=O)O)NC(=O)C(NC(=O)CCCCCN1C(=O)C=CC1=O)C(C)C. The van der Waals surface area contributed by atoms with Gasteiger partial charge in [-0.1, -0.05) is 27.2 Å². The van der Waals surface area contributed by atoms with Crippen molar-refractivity contribution in [1.82, 2.24) is 15.5 Å². The maximum Gasteiger partial charge on any atom is 0.303 e. The molecule has 0 spiro atoms. The first-order chi connectivity index (χ1) is 15.1. The van der Waals surface area contributed by atoms with E-state index >= 15 is 0 Å². The van der Waals surface area contributed by atoms with Crippen molar-refractivity contribution in [2.75, 3.05) is 6.54 Å². The molecule has 2 atom stereocenters. The normalized spacial score (nSPS) is 15.1. The van der Waals surface area contributed by atoms with Crippen LogP contribution in [0.1, 0.15) is 65.7 Å². The Hall–Kier alpha value is -3.04. The summed E-state index contributed by atoms with van der Waals surface area (Å²) in [4.78, 5) is 72.0. The molecule has 4 amide bonds. The first-order valence-corrected chi connectivity index (χ1v) is 10.9. The number of carboxylic acid groups (broad SMARTS) is 1. The summed E-state index contributed by atoms with van der Waals surface area (Å²) in [5, 5.41) is 14.1. The molecule has 1 aliphatic heterocycles. The molecule has 3 N–H and O–H groups in total. The number of Topliss-reactive ketones (excluding diaryl/α,β-unsaturated/α-hetero) is 1. The van der Waals surface area contributed by atoms with Crippen molar-refractivity contribution < 1.29 is 33.9 Å². The van der Waals surface area contributed by atoms with E-state index in [1.807, 2.05) is 0 Å². The summed E-state index contributed by atoms with van der Waals surface area (Å²) in [6.07, 6.45) is 4.26. The van der Waals surface area contributed by atoms with Crippen LogP contribution in [0.4, 0.5) is 0 Å². The maximum absolute atomic E-state index is 12.7. The van der Waals surface area contributed by atoms with Crippen molar-refractivity contribution in [2.45, 2.75) is 77.8 Å². The second-order valence-electron chi connectivity index (χ2n) is 8.07. The zero-order valence-corrected chi connectivity index (χ0v) is 18.9. The third-order valence-electron chi connectivity index (χ3n) is 5.15. The number of imide groups is 1. The molecule has 178 valence electrons. The minimum absolute atomic E-state index is 0.00987. The van der Waals surface area contributed by atoms with Crippen LogP contribution in [0.2, 0.25) is 0 Å². The predicted molar refractivity (Wildman–Crippen MR) is 115 cm³/mol. The summed E-state index contributed by atoms with van der Waals surface area (Å²) in [6, 6.07) is -1.77. The highest BCUT2D eigenvalue weighted by Gasteiger charge is 2.28. The largest absolute Gasteiger partial charge is 0.481 e. The topological polar surface area (TPSA) is 150 Å². The highest BCUT2D eigenvalue weighted by atomic mass is 16.4. The Morgan fingerprint density at radius 2 is 1.59 bits per heavy atom. The van der Waals surface area contributed by atoms with Crippen molar-refractivity contribution >= 4 is 35.4 Å². The summed E-state index contributed by atoms with van der Waals surface area (Å²) in [5.41, 5.74) is 0. The molecule has 0 aromatic rings. The van der Waals surface area contributed by atoms with Crippen molar-refractivity contribution in [1.29, 1.82) is 0 Å². The summed E-state index contributed by atoms with van der Waals surface area (Å²) in [7, 11) is 0. The molecule has 1 rings (SSSR count). The average Bonchev–Trinajstić information content (AvgIpc) is 3.05. The van der Waals surface area contributed by atoms with Gasteiger partial charge in [0.25, 0.3) is 11.8 Å². The number of carbonyl (C=O) groups excluding carboxylic acids is 5. The van der Waals surface area contributed by atoms with Gasteiger partial charge in [-0.3, -0.25) is 33.7 Å². The number of aliphatic carboxylic acids is 1. The van der Waals surface area contributed by atoms with E-state index in [4.69, 9.17) is 5.11 Å². The average molecular weight is 452 g/mol. The van der Waals surface area contributed by atoms with E-state index < -0.39 is 24.0 Å². The molecule has 1 heterocycles. The van der Waals surface area contributed by atoms with Crippen LogP contribution >= 0.6 is 0 Å². The number of nitrogens with zero attached hydrogens (tertiary/aromatic N) is 1. The first kappa shape index (κ1) is 27.0. The Morgan fingerprint density at radius 1 is 0.969 bits per heavy atom. The van der Waals surface area contributed by atoms with E-state index in [1.165, 1.54) is 12.2 Å². The maximum atomic E-state index is 12.7. The molecule has 10 nitrogen and oxygen atoms in total. The van der Waals surface area contributed by atoms with Gasteiger partial charge in [0, 0.05) is 38.0 Å². The van der Waals surface area contributed by atoms with E-state index in [9.17, 15) is 28.8 Å². The standard InChI is InChI=1S/C22H33N3O7/c1-4-16(26)15(9-12-20(30)31)23-22(32)21(14(2)3)24-17(27)8-6-5-7-13-25-18(28)10-11-19(25)29/h10-11,14-15,21H,4-9,12-13H2,1-3H3,(H,23,32)(H,24,27)(H,30,31)/t15-,21?/m0/s1.